The molecule has 98 valence electrons. The van der Waals surface area contributed by atoms with E-state index in [2.05, 4.69) is 5.43 Å². The van der Waals surface area contributed by atoms with E-state index in [0.29, 0.717) is 11.3 Å². The fraction of sp³-hybridized carbons (Fsp3) is 0.0714. The van der Waals surface area contributed by atoms with Crippen LogP contribution in [0.15, 0.2) is 48.5 Å². The summed E-state index contributed by atoms with van der Waals surface area (Å²) >= 11 is 0. The Labute approximate surface area is 110 Å². The zero-order valence-electron chi connectivity index (χ0n) is 10.4. The van der Waals surface area contributed by atoms with Crippen molar-refractivity contribution in [3.63, 3.8) is 0 Å². The van der Waals surface area contributed by atoms with Gasteiger partial charge in [-0.05, 0) is 48.5 Å². The third-order valence-electron chi connectivity index (χ3n) is 2.82. The van der Waals surface area contributed by atoms with Crippen LogP contribution in [0.1, 0.15) is 10.4 Å². The van der Waals surface area contributed by atoms with Crippen molar-refractivity contribution in [1.29, 1.82) is 0 Å². The van der Waals surface area contributed by atoms with E-state index in [9.17, 15) is 9.18 Å². The molecule has 2 aromatic rings. The SMILES string of the molecule is CN(C(=O)c1ccc(NN)cc1)c1ccc(F)cc1. The van der Waals surface area contributed by atoms with Crippen LogP contribution in [0.5, 0.6) is 0 Å². The molecule has 0 unspecified atom stereocenters. The zero-order chi connectivity index (χ0) is 13.8. The highest BCUT2D eigenvalue weighted by molar-refractivity contribution is 6.05. The second kappa shape index (κ2) is 5.49. The monoisotopic (exact) mass is 259 g/mol. The molecule has 0 atom stereocenters. The fourth-order valence-electron chi connectivity index (χ4n) is 1.68. The second-order valence-electron chi connectivity index (χ2n) is 4.06. The van der Waals surface area contributed by atoms with Gasteiger partial charge in [-0.1, -0.05) is 0 Å². The van der Waals surface area contributed by atoms with Gasteiger partial charge in [0.15, 0.2) is 0 Å². The van der Waals surface area contributed by atoms with Crippen molar-refractivity contribution in [2.24, 2.45) is 5.84 Å². The van der Waals surface area contributed by atoms with Crippen LogP contribution in [0.2, 0.25) is 0 Å². The minimum Gasteiger partial charge on any atom is -0.324 e. The molecular formula is C14H14FN3O. The number of hydrazine groups is 1. The first-order valence-electron chi connectivity index (χ1n) is 5.72. The van der Waals surface area contributed by atoms with Crippen molar-refractivity contribution in [1.82, 2.24) is 0 Å². The molecule has 0 bridgehead atoms. The number of carbonyl (C=O) groups is 1. The summed E-state index contributed by atoms with van der Waals surface area (Å²) in [5.74, 6) is 4.76. The average molecular weight is 259 g/mol. The van der Waals surface area contributed by atoms with Crippen LogP contribution in [0.3, 0.4) is 0 Å². The quantitative estimate of drug-likeness (QED) is 0.657. The second-order valence-corrected chi connectivity index (χ2v) is 4.06. The Morgan fingerprint density at radius 1 is 1.11 bits per heavy atom. The van der Waals surface area contributed by atoms with Gasteiger partial charge in [0, 0.05) is 24.0 Å². The Morgan fingerprint density at radius 3 is 2.21 bits per heavy atom. The maximum atomic E-state index is 12.8. The first kappa shape index (κ1) is 13.0. The number of nitrogens with one attached hydrogen (secondary N) is 1. The van der Waals surface area contributed by atoms with Gasteiger partial charge in [-0.15, -0.1) is 0 Å². The molecule has 0 fully saturated rings. The van der Waals surface area contributed by atoms with E-state index in [1.54, 1.807) is 43.4 Å². The number of rotatable bonds is 3. The zero-order valence-corrected chi connectivity index (χ0v) is 10.4. The molecule has 0 aliphatic carbocycles. The Kier molecular flexibility index (Phi) is 3.77. The third-order valence-corrected chi connectivity index (χ3v) is 2.82. The predicted molar refractivity (Wildman–Crippen MR) is 73.4 cm³/mol. The Morgan fingerprint density at radius 2 is 1.68 bits per heavy atom. The number of anilines is 2. The fourth-order valence-corrected chi connectivity index (χ4v) is 1.68. The largest absolute Gasteiger partial charge is 0.324 e. The molecule has 0 saturated heterocycles. The van der Waals surface area contributed by atoms with Crippen molar-refractivity contribution in [2.45, 2.75) is 0 Å². The smallest absolute Gasteiger partial charge is 0.258 e. The molecular weight excluding hydrogens is 245 g/mol. The average Bonchev–Trinajstić information content (AvgIpc) is 2.46. The summed E-state index contributed by atoms with van der Waals surface area (Å²) in [6.45, 7) is 0. The van der Waals surface area contributed by atoms with Crippen LogP contribution in [0, 0.1) is 5.82 Å². The number of halogens is 1. The first-order chi connectivity index (χ1) is 9.11. The Hall–Kier alpha value is -2.40. The van der Waals surface area contributed by atoms with E-state index in [4.69, 9.17) is 5.84 Å². The highest BCUT2D eigenvalue weighted by atomic mass is 19.1. The summed E-state index contributed by atoms with van der Waals surface area (Å²) in [4.78, 5) is 13.7. The molecule has 0 radical (unpaired) electrons. The summed E-state index contributed by atoms with van der Waals surface area (Å²) in [5, 5.41) is 0. The van der Waals surface area contributed by atoms with E-state index in [-0.39, 0.29) is 11.7 Å². The van der Waals surface area contributed by atoms with Gasteiger partial charge in [0.05, 0.1) is 0 Å². The van der Waals surface area contributed by atoms with Gasteiger partial charge < -0.3 is 10.3 Å². The van der Waals surface area contributed by atoms with Crippen LogP contribution in [0.25, 0.3) is 0 Å². The number of benzene rings is 2. The lowest BCUT2D eigenvalue weighted by Gasteiger charge is -2.17. The number of nitrogens with two attached hydrogens (primary N) is 1. The maximum absolute atomic E-state index is 12.8. The number of hydrogen-bond acceptors (Lipinski definition) is 3. The van der Waals surface area contributed by atoms with Crippen LogP contribution >= 0.6 is 0 Å². The first-order valence-corrected chi connectivity index (χ1v) is 5.72. The van der Waals surface area contributed by atoms with Crippen LogP contribution < -0.4 is 16.2 Å². The Bertz CT molecular complexity index is 566. The topological polar surface area (TPSA) is 58.4 Å². The van der Waals surface area contributed by atoms with E-state index < -0.39 is 0 Å². The summed E-state index contributed by atoms with van der Waals surface area (Å²) in [5.41, 5.74) is 4.38. The lowest BCUT2D eigenvalue weighted by molar-refractivity contribution is 0.0993. The lowest BCUT2D eigenvalue weighted by atomic mass is 10.1. The number of nitrogen functional groups attached to an aromatic ring is 1. The highest BCUT2D eigenvalue weighted by Gasteiger charge is 2.13. The highest BCUT2D eigenvalue weighted by Crippen LogP contribution is 2.17. The lowest BCUT2D eigenvalue weighted by Crippen LogP contribution is -2.26. The molecule has 3 N–H and O–H groups in total. The molecule has 19 heavy (non-hydrogen) atoms. The van der Waals surface area contributed by atoms with Gasteiger partial charge in [-0.25, -0.2) is 4.39 Å². The van der Waals surface area contributed by atoms with Crippen molar-refractivity contribution in [3.8, 4) is 0 Å². The number of carbonyl (C=O) groups excluding carboxylic acids is 1. The van der Waals surface area contributed by atoms with Gasteiger partial charge in [-0.3, -0.25) is 10.6 Å². The van der Waals surface area contributed by atoms with E-state index in [1.807, 2.05) is 0 Å². The minimum absolute atomic E-state index is 0.171. The molecule has 0 heterocycles. The van der Waals surface area contributed by atoms with Crippen molar-refractivity contribution < 1.29 is 9.18 Å². The molecule has 1 amide bonds. The van der Waals surface area contributed by atoms with Crippen molar-refractivity contribution in [3.05, 3.63) is 59.9 Å². The third kappa shape index (κ3) is 2.89. The van der Waals surface area contributed by atoms with Crippen LogP contribution in [-0.2, 0) is 0 Å². The summed E-state index contributed by atoms with van der Waals surface area (Å²) in [6, 6.07) is 12.5. The molecule has 0 aromatic heterocycles. The molecule has 0 saturated carbocycles. The van der Waals surface area contributed by atoms with Gasteiger partial charge in [0.2, 0.25) is 0 Å². The molecule has 0 aliphatic rings. The molecule has 0 spiro atoms. The minimum atomic E-state index is -0.331. The molecule has 2 rings (SSSR count). The number of amides is 1. The summed E-state index contributed by atoms with van der Waals surface area (Å²) in [6.07, 6.45) is 0. The normalized spacial score (nSPS) is 10.1. The van der Waals surface area contributed by atoms with Gasteiger partial charge in [0.1, 0.15) is 5.82 Å². The van der Waals surface area contributed by atoms with E-state index in [0.717, 1.165) is 5.69 Å². The van der Waals surface area contributed by atoms with Gasteiger partial charge in [-0.2, -0.15) is 0 Å². The molecule has 0 aliphatic heterocycles. The molecule has 5 heteroatoms. The number of hydrogen-bond donors (Lipinski definition) is 2. The summed E-state index contributed by atoms with van der Waals surface area (Å²) in [7, 11) is 1.64. The predicted octanol–water partition coefficient (Wildman–Crippen LogP) is 2.39. The van der Waals surface area contributed by atoms with E-state index >= 15 is 0 Å². The van der Waals surface area contributed by atoms with Crippen LogP contribution in [-0.4, -0.2) is 13.0 Å². The van der Waals surface area contributed by atoms with Crippen LogP contribution in [0.4, 0.5) is 15.8 Å². The molecule has 2 aromatic carbocycles. The maximum Gasteiger partial charge on any atom is 0.258 e. The molecule has 4 nitrogen and oxygen atoms in total. The van der Waals surface area contributed by atoms with Crippen molar-refractivity contribution in [2.75, 3.05) is 17.4 Å². The van der Waals surface area contributed by atoms with E-state index in [1.165, 1.54) is 17.0 Å². The van der Waals surface area contributed by atoms with Gasteiger partial charge >= 0.3 is 0 Å². The number of nitrogens with zero attached hydrogens (tertiary/aromatic N) is 1. The Balaban J connectivity index is 2.20. The standard InChI is InChI=1S/C14H14FN3O/c1-18(13-8-4-11(15)5-9-13)14(19)10-2-6-12(17-16)7-3-10/h2-9,17H,16H2,1H3. The van der Waals surface area contributed by atoms with Gasteiger partial charge in [0.25, 0.3) is 5.91 Å². The summed E-state index contributed by atoms with van der Waals surface area (Å²) < 4.78 is 12.8. The van der Waals surface area contributed by atoms with Crippen molar-refractivity contribution >= 4 is 17.3 Å².